The first-order valence-electron chi connectivity index (χ1n) is 2.63. The Balaban J connectivity index is 2.88. The Morgan fingerprint density at radius 3 is 2.22 bits per heavy atom. The summed E-state index contributed by atoms with van der Waals surface area (Å²) in [6.07, 6.45) is 0. The SMILES string of the molecule is FCc1ccc(Br)cc1. The van der Waals surface area contributed by atoms with E-state index < -0.39 is 0 Å². The van der Waals surface area contributed by atoms with Gasteiger partial charge in [-0.2, -0.15) is 0 Å². The molecule has 0 bridgehead atoms. The van der Waals surface area contributed by atoms with Crippen molar-refractivity contribution in [1.29, 1.82) is 0 Å². The first-order valence-corrected chi connectivity index (χ1v) is 3.42. The molecule has 1 rings (SSSR count). The first-order chi connectivity index (χ1) is 4.33. The van der Waals surface area contributed by atoms with Crippen molar-refractivity contribution in [2.24, 2.45) is 0 Å². The zero-order chi connectivity index (χ0) is 6.69. The van der Waals surface area contributed by atoms with Gasteiger partial charge in [0.25, 0.3) is 0 Å². The molecular weight excluding hydrogens is 183 g/mol. The van der Waals surface area contributed by atoms with Gasteiger partial charge in [0, 0.05) is 4.47 Å². The number of hydrogen-bond acceptors (Lipinski definition) is 0. The maximum absolute atomic E-state index is 11.8. The molecule has 1 aromatic carbocycles. The highest BCUT2D eigenvalue weighted by atomic mass is 79.9. The average Bonchev–Trinajstić information content (AvgIpc) is 1.90. The molecule has 2 heteroatoms. The fourth-order valence-corrected chi connectivity index (χ4v) is 0.838. The highest BCUT2D eigenvalue weighted by Crippen LogP contribution is 2.10. The lowest BCUT2D eigenvalue weighted by molar-refractivity contribution is 0.485. The van der Waals surface area contributed by atoms with Crippen LogP contribution < -0.4 is 0 Å². The Bertz CT molecular complexity index is 181. The third-order valence-corrected chi connectivity index (χ3v) is 1.60. The first kappa shape index (κ1) is 6.75. The summed E-state index contributed by atoms with van der Waals surface area (Å²) in [6.45, 7) is -0.382. The lowest BCUT2D eigenvalue weighted by Crippen LogP contribution is -1.74. The summed E-state index contributed by atoms with van der Waals surface area (Å²) in [6, 6.07) is 7.16. The van der Waals surface area contributed by atoms with Crippen LogP contribution in [-0.4, -0.2) is 0 Å². The standard InChI is InChI=1S/C7H6BrF/c8-7-3-1-6(5-9)2-4-7/h1-4H,5H2. The van der Waals surface area contributed by atoms with Crippen LogP contribution in [0.5, 0.6) is 0 Å². The molecule has 0 nitrogen and oxygen atoms in total. The number of alkyl halides is 1. The smallest absolute Gasteiger partial charge is 0.115 e. The van der Waals surface area contributed by atoms with Crippen molar-refractivity contribution in [2.75, 3.05) is 0 Å². The molecule has 0 N–H and O–H groups in total. The second kappa shape index (κ2) is 2.97. The predicted octanol–water partition coefficient (Wildman–Crippen LogP) is 2.92. The van der Waals surface area contributed by atoms with Gasteiger partial charge in [-0.15, -0.1) is 0 Å². The topological polar surface area (TPSA) is 0 Å². The largest absolute Gasteiger partial charge is 0.246 e. The Hall–Kier alpha value is -0.370. The Morgan fingerprint density at radius 2 is 1.78 bits per heavy atom. The van der Waals surface area contributed by atoms with E-state index in [1.807, 2.05) is 12.1 Å². The molecular formula is C7H6BrF. The van der Waals surface area contributed by atoms with Crippen molar-refractivity contribution >= 4 is 15.9 Å². The molecule has 0 aliphatic rings. The maximum atomic E-state index is 11.8. The minimum Gasteiger partial charge on any atom is -0.246 e. The van der Waals surface area contributed by atoms with Crippen LogP contribution in [-0.2, 0) is 6.67 Å². The normalized spacial score (nSPS) is 9.56. The number of halogens is 2. The third-order valence-electron chi connectivity index (χ3n) is 1.07. The molecule has 0 saturated carbocycles. The van der Waals surface area contributed by atoms with E-state index in [0.29, 0.717) is 0 Å². The Morgan fingerprint density at radius 1 is 1.22 bits per heavy atom. The monoisotopic (exact) mass is 188 g/mol. The van der Waals surface area contributed by atoms with Crippen LogP contribution in [0.4, 0.5) is 4.39 Å². The summed E-state index contributed by atoms with van der Waals surface area (Å²) >= 11 is 3.25. The molecule has 0 aromatic heterocycles. The fraction of sp³-hybridized carbons (Fsp3) is 0.143. The molecule has 0 radical (unpaired) electrons. The number of benzene rings is 1. The summed E-state index contributed by atoms with van der Waals surface area (Å²) in [5.74, 6) is 0. The van der Waals surface area contributed by atoms with Crippen LogP contribution >= 0.6 is 15.9 Å². The van der Waals surface area contributed by atoms with Gasteiger partial charge < -0.3 is 0 Å². The van der Waals surface area contributed by atoms with Gasteiger partial charge in [0.15, 0.2) is 0 Å². The molecule has 0 atom stereocenters. The van der Waals surface area contributed by atoms with Crippen LogP contribution in [0.2, 0.25) is 0 Å². The molecule has 1 aromatic rings. The minimum atomic E-state index is -0.382. The van der Waals surface area contributed by atoms with Crippen LogP contribution in [0, 0.1) is 0 Å². The molecule has 0 heterocycles. The summed E-state index contributed by atoms with van der Waals surface area (Å²) in [5, 5.41) is 0. The highest BCUT2D eigenvalue weighted by Gasteiger charge is 1.88. The van der Waals surface area contributed by atoms with E-state index in [0.717, 1.165) is 10.0 Å². The van der Waals surface area contributed by atoms with Crippen molar-refractivity contribution in [3.8, 4) is 0 Å². The van der Waals surface area contributed by atoms with E-state index in [9.17, 15) is 4.39 Å². The molecule has 0 unspecified atom stereocenters. The Kier molecular flexibility index (Phi) is 2.22. The van der Waals surface area contributed by atoms with Crippen molar-refractivity contribution < 1.29 is 4.39 Å². The van der Waals surface area contributed by atoms with Gasteiger partial charge >= 0.3 is 0 Å². The molecule has 0 aliphatic carbocycles. The molecule has 9 heavy (non-hydrogen) atoms. The van der Waals surface area contributed by atoms with Gasteiger partial charge in [-0.05, 0) is 17.7 Å². The quantitative estimate of drug-likeness (QED) is 0.637. The summed E-state index contributed by atoms with van der Waals surface area (Å²) in [5.41, 5.74) is 0.721. The third kappa shape index (κ3) is 1.79. The second-order valence-corrected chi connectivity index (χ2v) is 2.68. The van der Waals surface area contributed by atoms with Crippen LogP contribution in [0.1, 0.15) is 5.56 Å². The van der Waals surface area contributed by atoms with Gasteiger partial charge in [-0.25, -0.2) is 4.39 Å². The van der Waals surface area contributed by atoms with E-state index in [-0.39, 0.29) is 6.67 Å². The summed E-state index contributed by atoms with van der Waals surface area (Å²) in [7, 11) is 0. The van der Waals surface area contributed by atoms with Crippen molar-refractivity contribution in [3.63, 3.8) is 0 Å². The van der Waals surface area contributed by atoms with E-state index in [4.69, 9.17) is 0 Å². The van der Waals surface area contributed by atoms with Crippen LogP contribution in [0.3, 0.4) is 0 Å². The summed E-state index contributed by atoms with van der Waals surface area (Å²) in [4.78, 5) is 0. The van der Waals surface area contributed by atoms with Crippen molar-refractivity contribution in [1.82, 2.24) is 0 Å². The predicted molar refractivity (Wildman–Crippen MR) is 39.0 cm³/mol. The fourth-order valence-electron chi connectivity index (χ4n) is 0.573. The van der Waals surface area contributed by atoms with E-state index in [1.54, 1.807) is 12.1 Å². The highest BCUT2D eigenvalue weighted by molar-refractivity contribution is 9.10. The number of hydrogen-bond donors (Lipinski definition) is 0. The zero-order valence-corrected chi connectivity index (χ0v) is 6.36. The number of rotatable bonds is 1. The lowest BCUT2D eigenvalue weighted by Gasteiger charge is -1.91. The van der Waals surface area contributed by atoms with Crippen molar-refractivity contribution in [2.45, 2.75) is 6.67 Å². The van der Waals surface area contributed by atoms with E-state index >= 15 is 0 Å². The van der Waals surface area contributed by atoms with Gasteiger partial charge in [0.1, 0.15) is 6.67 Å². The van der Waals surface area contributed by atoms with Crippen LogP contribution in [0.25, 0.3) is 0 Å². The minimum absolute atomic E-state index is 0.382. The summed E-state index contributed by atoms with van der Waals surface area (Å²) < 4.78 is 12.8. The van der Waals surface area contributed by atoms with Gasteiger partial charge in [-0.1, -0.05) is 28.1 Å². The molecule has 0 saturated heterocycles. The van der Waals surface area contributed by atoms with Crippen LogP contribution in [0.15, 0.2) is 28.7 Å². The zero-order valence-electron chi connectivity index (χ0n) is 4.77. The molecule has 48 valence electrons. The van der Waals surface area contributed by atoms with Gasteiger partial charge in [0.2, 0.25) is 0 Å². The van der Waals surface area contributed by atoms with E-state index in [1.165, 1.54) is 0 Å². The second-order valence-electron chi connectivity index (χ2n) is 1.76. The molecule has 0 spiro atoms. The van der Waals surface area contributed by atoms with Gasteiger partial charge in [-0.3, -0.25) is 0 Å². The molecule has 0 fully saturated rings. The average molecular weight is 189 g/mol. The molecule has 0 amide bonds. The molecule has 0 aliphatic heterocycles. The Labute approximate surface area is 61.8 Å². The van der Waals surface area contributed by atoms with E-state index in [2.05, 4.69) is 15.9 Å². The van der Waals surface area contributed by atoms with Crippen molar-refractivity contribution in [3.05, 3.63) is 34.3 Å². The maximum Gasteiger partial charge on any atom is 0.115 e. The lowest BCUT2D eigenvalue weighted by atomic mass is 10.2. The van der Waals surface area contributed by atoms with Gasteiger partial charge in [0.05, 0.1) is 0 Å².